The molecule has 1 saturated heterocycles. The first kappa shape index (κ1) is 19.3. The molecule has 0 radical (unpaired) electrons. The van der Waals surface area contributed by atoms with Crippen LogP contribution in [0.1, 0.15) is 31.7 Å². The molecule has 26 heavy (non-hydrogen) atoms. The van der Waals surface area contributed by atoms with E-state index < -0.39 is 5.60 Å². The molecule has 2 aliphatic heterocycles. The zero-order valence-electron chi connectivity index (χ0n) is 15.4. The Hall–Kier alpha value is -1.51. The maximum Gasteiger partial charge on any atom is 0.410 e. The number of carbonyl (C=O) groups excluding carboxylic acids is 2. The third-order valence-corrected chi connectivity index (χ3v) is 6.94. The van der Waals surface area contributed by atoms with Crippen molar-refractivity contribution in [1.29, 1.82) is 0 Å². The number of hydrogen-bond acceptors (Lipinski definition) is 5. The van der Waals surface area contributed by atoms with Crippen LogP contribution in [0.3, 0.4) is 0 Å². The first-order valence-corrected chi connectivity index (χ1v) is 10.3. The van der Waals surface area contributed by atoms with Crippen LogP contribution in [0.15, 0.2) is 24.3 Å². The quantitative estimate of drug-likeness (QED) is 0.383. The van der Waals surface area contributed by atoms with E-state index in [0.717, 1.165) is 16.5 Å². The van der Waals surface area contributed by atoms with Gasteiger partial charge >= 0.3 is 12.1 Å². The summed E-state index contributed by atoms with van der Waals surface area (Å²) >= 11 is 2.22. The van der Waals surface area contributed by atoms with Gasteiger partial charge in [-0.3, -0.25) is 4.79 Å². The Morgan fingerprint density at radius 1 is 1.31 bits per heavy atom. The lowest BCUT2D eigenvalue weighted by molar-refractivity contribution is -0.139. The number of amides is 1. The Kier molecular flexibility index (Phi) is 5.64. The van der Waals surface area contributed by atoms with Crippen molar-refractivity contribution in [3.05, 3.63) is 29.8 Å². The Balaban J connectivity index is 1.79. The molecule has 3 rings (SSSR count). The standard InChI is InChI=1S/C19H25IN2O4/c1-19(2,12-20)26-18(24)21-9-8-14-13-6-4-5-7-15(13)22(16(14)10-21)11-17(23)25-3/h4-7,14,16H,8-12H2,1-3H3. The number of likely N-dealkylation sites (tertiary alicyclic amines) is 1. The molecule has 0 bridgehead atoms. The van der Waals surface area contributed by atoms with Gasteiger partial charge in [-0.25, -0.2) is 4.79 Å². The predicted molar refractivity (Wildman–Crippen MR) is 108 cm³/mol. The maximum absolute atomic E-state index is 12.6. The van der Waals surface area contributed by atoms with Crippen molar-refractivity contribution in [2.45, 2.75) is 37.8 Å². The first-order chi connectivity index (χ1) is 12.4. The lowest BCUT2D eigenvalue weighted by atomic mass is 9.88. The van der Waals surface area contributed by atoms with Crippen LogP contribution >= 0.6 is 22.6 Å². The van der Waals surface area contributed by atoms with Crippen molar-refractivity contribution in [1.82, 2.24) is 4.90 Å². The van der Waals surface area contributed by atoms with E-state index in [1.807, 2.05) is 32.0 Å². The number of anilines is 1. The number of benzene rings is 1. The second kappa shape index (κ2) is 7.62. The molecular formula is C19H25IN2O4. The van der Waals surface area contributed by atoms with Crippen LogP contribution in [0.5, 0.6) is 0 Å². The van der Waals surface area contributed by atoms with Crippen molar-refractivity contribution in [3.8, 4) is 0 Å². The Bertz CT molecular complexity index is 694. The number of halogens is 1. The van der Waals surface area contributed by atoms with E-state index in [1.54, 1.807) is 4.90 Å². The molecule has 1 aromatic carbocycles. The molecule has 6 nitrogen and oxygen atoms in total. The molecule has 7 heteroatoms. The van der Waals surface area contributed by atoms with E-state index in [-0.39, 0.29) is 24.6 Å². The van der Waals surface area contributed by atoms with Gasteiger partial charge in [0.1, 0.15) is 12.1 Å². The van der Waals surface area contributed by atoms with Crippen molar-refractivity contribution >= 4 is 40.3 Å². The van der Waals surface area contributed by atoms with Crippen LogP contribution in [0.2, 0.25) is 0 Å². The van der Waals surface area contributed by atoms with Gasteiger partial charge in [-0.05, 0) is 31.9 Å². The summed E-state index contributed by atoms with van der Waals surface area (Å²) < 4.78 is 11.3. The molecule has 1 aromatic rings. The van der Waals surface area contributed by atoms with Crippen LogP contribution in [-0.2, 0) is 14.3 Å². The number of rotatable bonds is 4. The Morgan fingerprint density at radius 2 is 2.04 bits per heavy atom. The number of para-hydroxylation sites is 1. The van der Waals surface area contributed by atoms with Crippen LogP contribution in [0, 0.1) is 0 Å². The highest BCUT2D eigenvalue weighted by molar-refractivity contribution is 14.1. The van der Waals surface area contributed by atoms with Gasteiger partial charge in [0, 0.05) is 29.1 Å². The zero-order valence-corrected chi connectivity index (χ0v) is 17.6. The van der Waals surface area contributed by atoms with Crippen LogP contribution in [-0.4, -0.2) is 59.8 Å². The van der Waals surface area contributed by atoms with E-state index in [2.05, 4.69) is 33.6 Å². The van der Waals surface area contributed by atoms with Crippen LogP contribution < -0.4 is 4.90 Å². The van der Waals surface area contributed by atoms with E-state index in [4.69, 9.17) is 9.47 Å². The molecule has 0 aliphatic carbocycles. The second-order valence-corrected chi connectivity index (χ2v) is 8.20. The van der Waals surface area contributed by atoms with Gasteiger partial charge in [0.05, 0.1) is 13.2 Å². The van der Waals surface area contributed by atoms with E-state index in [0.29, 0.717) is 19.0 Å². The molecule has 1 amide bonds. The minimum atomic E-state index is -0.487. The van der Waals surface area contributed by atoms with Crippen molar-refractivity contribution in [3.63, 3.8) is 0 Å². The predicted octanol–water partition coefficient (Wildman–Crippen LogP) is 3.19. The number of fused-ring (bicyclic) bond motifs is 3. The highest BCUT2D eigenvalue weighted by Crippen LogP contribution is 2.44. The summed E-state index contributed by atoms with van der Waals surface area (Å²) in [5.74, 6) is 0.0451. The van der Waals surface area contributed by atoms with Crippen molar-refractivity contribution in [2.75, 3.05) is 36.1 Å². The smallest absolute Gasteiger partial charge is 0.410 e. The molecule has 1 fully saturated rings. The maximum atomic E-state index is 12.6. The number of nitrogens with zero attached hydrogens (tertiary/aromatic N) is 2. The summed E-state index contributed by atoms with van der Waals surface area (Å²) in [6.45, 7) is 5.24. The van der Waals surface area contributed by atoms with Gasteiger partial charge in [-0.2, -0.15) is 0 Å². The number of piperidine rings is 1. The van der Waals surface area contributed by atoms with Gasteiger partial charge in [0.15, 0.2) is 0 Å². The number of esters is 1. The van der Waals surface area contributed by atoms with Gasteiger partial charge in [0.2, 0.25) is 0 Å². The number of hydrogen-bond donors (Lipinski definition) is 0. The van der Waals surface area contributed by atoms with Crippen LogP contribution in [0.25, 0.3) is 0 Å². The monoisotopic (exact) mass is 472 g/mol. The fourth-order valence-corrected chi connectivity index (χ4v) is 3.91. The number of ether oxygens (including phenoxy) is 2. The molecule has 0 aromatic heterocycles. The molecule has 142 valence electrons. The van der Waals surface area contributed by atoms with E-state index in [1.165, 1.54) is 12.7 Å². The van der Waals surface area contributed by atoms with Gasteiger partial charge in [-0.15, -0.1) is 0 Å². The SMILES string of the molecule is COC(=O)CN1c2ccccc2C2CCN(C(=O)OC(C)(C)CI)CC21. The zero-order chi connectivity index (χ0) is 18.9. The third kappa shape index (κ3) is 3.77. The summed E-state index contributed by atoms with van der Waals surface area (Å²) in [7, 11) is 1.40. The number of methoxy groups -OCH3 is 1. The molecule has 0 saturated carbocycles. The molecule has 2 heterocycles. The summed E-state index contributed by atoms with van der Waals surface area (Å²) in [6, 6.07) is 8.24. The lowest BCUT2D eigenvalue weighted by Crippen LogP contribution is -2.52. The van der Waals surface area contributed by atoms with Gasteiger partial charge < -0.3 is 19.3 Å². The topological polar surface area (TPSA) is 59.1 Å². The van der Waals surface area contributed by atoms with Crippen molar-refractivity contribution < 1.29 is 19.1 Å². The highest BCUT2D eigenvalue weighted by atomic mass is 127. The van der Waals surface area contributed by atoms with E-state index >= 15 is 0 Å². The Morgan fingerprint density at radius 3 is 2.73 bits per heavy atom. The first-order valence-electron chi connectivity index (χ1n) is 8.82. The average Bonchev–Trinajstić information content (AvgIpc) is 2.94. The summed E-state index contributed by atoms with van der Waals surface area (Å²) in [6.07, 6.45) is 0.582. The second-order valence-electron chi connectivity index (χ2n) is 7.43. The molecule has 2 atom stereocenters. The van der Waals surface area contributed by atoms with Crippen LogP contribution in [0.4, 0.5) is 10.5 Å². The lowest BCUT2D eigenvalue weighted by Gasteiger charge is -2.39. The average molecular weight is 472 g/mol. The molecular weight excluding hydrogens is 447 g/mol. The molecule has 2 unspecified atom stereocenters. The number of carbonyl (C=O) groups is 2. The fraction of sp³-hybridized carbons (Fsp3) is 0.579. The van der Waals surface area contributed by atoms with Crippen molar-refractivity contribution in [2.24, 2.45) is 0 Å². The van der Waals surface area contributed by atoms with Gasteiger partial charge in [0.25, 0.3) is 0 Å². The highest BCUT2D eigenvalue weighted by Gasteiger charge is 2.44. The summed E-state index contributed by atoms with van der Waals surface area (Å²) in [4.78, 5) is 28.4. The summed E-state index contributed by atoms with van der Waals surface area (Å²) in [5, 5.41) is 0. The molecule has 2 aliphatic rings. The largest absolute Gasteiger partial charge is 0.468 e. The minimum Gasteiger partial charge on any atom is -0.468 e. The normalized spacial score (nSPS) is 21.8. The minimum absolute atomic E-state index is 0.0653. The Labute approximate surface area is 167 Å². The summed E-state index contributed by atoms with van der Waals surface area (Å²) in [5.41, 5.74) is 1.83. The molecule has 0 spiro atoms. The van der Waals surface area contributed by atoms with Gasteiger partial charge in [-0.1, -0.05) is 40.8 Å². The molecule has 0 N–H and O–H groups in total. The number of alkyl halides is 1. The van der Waals surface area contributed by atoms with E-state index in [9.17, 15) is 9.59 Å². The fourth-order valence-electron chi connectivity index (χ4n) is 3.75. The third-order valence-electron chi connectivity index (χ3n) is 5.10.